The molecule has 2 rings (SSSR count). The molecule has 0 spiro atoms. The number of aromatic nitrogens is 3. The van der Waals surface area contributed by atoms with E-state index in [4.69, 9.17) is 0 Å². The van der Waals surface area contributed by atoms with Gasteiger partial charge in [-0.2, -0.15) is 5.10 Å². The molecule has 0 fully saturated rings. The molecule has 2 aromatic heterocycles. The van der Waals surface area contributed by atoms with Crippen LogP contribution in [0.25, 0.3) is 11.3 Å². The minimum absolute atomic E-state index is 0.00528. The molecule has 3 heteroatoms. The van der Waals surface area contributed by atoms with Crippen LogP contribution in [0.4, 0.5) is 0 Å². The normalized spacial score (nSPS) is 11.7. The third kappa shape index (κ3) is 1.91. The van der Waals surface area contributed by atoms with Gasteiger partial charge in [-0.1, -0.05) is 0 Å². The lowest BCUT2D eigenvalue weighted by atomic mass is 10.1. The molecule has 0 atom stereocenters. The highest BCUT2D eigenvalue weighted by molar-refractivity contribution is 5.57. The first-order chi connectivity index (χ1) is 7.09. The fourth-order valence-corrected chi connectivity index (χ4v) is 1.57. The molecule has 2 aromatic rings. The van der Waals surface area contributed by atoms with Gasteiger partial charge in [0.25, 0.3) is 0 Å². The quantitative estimate of drug-likeness (QED) is 0.710. The van der Waals surface area contributed by atoms with Gasteiger partial charge in [0.05, 0.1) is 11.2 Å². The SMILES string of the molecule is CC(C)(C)n1nccc1-c1cccnc1. The van der Waals surface area contributed by atoms with Crippen LogP contribution in [0, 0.1) is 0 Å². The van der Waals surface area contributed by atoms with Crippen molar-refractivity contribution < 1.29 is 0 Å². The first-order valence-electron chi connectivity index (χ1n) is 5.04. The van der Waals surface area contributed by atoms with Crippen molar-refractivity contribution >= 4 is 0 Å². The fraction of sp³-hybridized carbons (Fsp3) is 0.333. The van der Waals surface area contributed by atoms with E-state index in [9.17, 15) is 0 Å². The van der Waals surface area contributed by atoms with Crippen molar-refractivity contribution in [3.8, 4) is 11.3 Å². The fourth-order valence-electron chi connectivity index (χ4n) is 1.57. The van der Waals surface area contributed by atoms with Crippen LogP contribution in [-0.4, -0.2) is 14.8 Å². The summed E-state index contributed by atoms with van der Waals surface area (Å²) in [5.41, 5.74) is 2.20. The Bertz CT molecular complexity index is 437. The molecule has 0 unspecified atom stereocenters. The highest BCUT2D eigenvalue weighted by atomic mass is 15.3. The van der Waals surface area contributed by atoms with Crippen molar-refractivity contribution in [1.29, 1.82) is 0 Å². The number of hydrogen-bond donors (Lipinski definition) is 0. The van der Waals surface area contributed by atoms with Crippen molar-refractivity contribution in [2.75, 3.05) is 0 Å². The lowest BCUT2D eigenvalue weighted by molar-refractivity contribution is 0.360. The summed E-state index contributed by atoms with van der Waals surface area (Å²) in [7, 11) is 0. The number of rotatable bonds is 1. The van der Waals surface area contributed by atoms with Crippen molar-refractivity contribution in [2.24, 2.45) is 0 Å². The molecule has 0 aliphatic rings. The van der Waals surface area contributed by atoms with Crippen LogP contribution in [-0.2, 0) is 5.54 Å². The Labute approximate surface area is 89.8 Å². The maximum Gasteiger partial charge on any atom is 0.0703 e. The summed E-state index contributed by atoms with van der Waals surface area (Å²) in [6, 6.07) is 6.00. The van der Waals surface area contributed by atoms with Crippen LogP contribution in [0.1, 0.15) is 20.8 Å². The van der Waals surface area contributed by atoms with Gasteiger partial charge in [-0.15, -0.1) is 0 Å². The van der Waals surface area contributed by atoms with E-state index >= 15 is 0 Å². The lowest BCUT2D eigenvalue weighted by Crippen LogP contribution is -2.23. The van der Waals surface area contributed by atoms with E-state index < -0.39 is 0 Å². The summed E-state index contributed by atoms with van der Waals surface area (Å²) in [5, 5.41) is 4.35. The van der Waals surface area contributed by atoms with Gasteiger partial charge >= 0.3 is 0 Å². The standard InChI is InChI=1S/C12H15N3/c1-12(2,3)15-11(6-8-14-15)10-5-4-7-13-9-10/h4-9H,1-3H3. The zero-order valence-corrected chi connectivity index (χ0v) is 9.31. The molecular weight excluding hydrogens is 186 g/mol. The molecule has 0 N–H and O–H groups in total. The smallest absolute Gasteiger partial charge is 0.0703 e. The zero-order chi connectivity index (χ0) is 10.9. The van der Waals surface area contributed by atoms with Crippen molar-refractivity contribution in [3.05, 3.63) is 36.8 Å². The highest BCUT2D eigenvalue weighted by Gasteiger charge is 2.17. The van der Waals surface area contributed by atoms with E-state index in [2.05, 4.69) is 30.9 Å². The Morgan fingerprint density at radius 1 is 1.13 bits per heavy atom. The first kappa shape index (κ1) is 9.90. The molecule has 15 heavy (non-hydrogen) atoms. The van der Waals surface area contributed by atoms with Crippen LogP contribution in [0.5, 0.6) is 0 Å². The average Bonchev–Trinajstić information content (AvgIpc) is 2.67. The summed E-state index contributed by atoms with van der Waals surface area (Å²) >= 11 is 0. The summed E-state index contributed by atoms with van der Waals surface area (Å²) in [6.07, 6.45) is 5.47. The van der Waals surface area contributed by atoms with E-state index in [0.717, 1.165) is 11.3 Å². The lowest BCUT2D eigenvalue weighted by Gasteiger charge is -2.22. The molecular formula is C12H15N3. The van der Waals surface area contributed by atoms with Gasteiger partial charge in [0, 0.05) is 24.2 Å². The predicted octanol–water partition coefficient (Wildman–Crippen LogP) is 2.70. The Hall–Kier alpha value is -1.64. The van der Waals surface area contributed by atoms with Gasteiger partial charge < -0.3 is 0 Å². The monoisotopic (exact) mass is 201 g/mol. The molecule has 0 saturated carbocycles. The summed E-state index contributed by atoms with van der Waals surface area (Å²) < 4.78 is 2.02. The van der Waals surface area contributed by atoms with Gasteiger partial charge in [0.1, 0.15) is 0 Å². The van der Waals surface area contributed by atoms with E-state index in [0.29, 0.717) is 0 Å². The van der Waals surface area contributed by atoms with Gasteiger partial charge in [-0.25, -0.2) is 0 Å². The molecule has 3 nitrogen and oxygen atoms in total. The largest absolute Gasteiger partial charge is 0.264 e. The molecule has 0 aliphatic carbocycles. The molecule has 0 aliphatic heterocycles. The maximum absolute atomic E-state index is 4.35. The number of hydrogen-bond acceptors (Lipinski definition) is 2. The summed E-state index contributed by atoms with van der Waals surface area (Å²) in [5.74, 6) is 0. The van der Waals surface area contributed by atoms with Crippen molar-refractivity contribution in [2.45, 2.75) is 26.3 Å². The third-order valence-corrected chi connectivity index (χ3v) is 2.24. The van der Waals surface area contributed by atoms with Gasteiger partial charge in [0.2, 0.25) is 0 Å². The van der Waals surface area contributed by atoms with E-state index in [1.807, 2.05) is 35.3 Å². The molecule has 0 bridgehead atoms. The summed E-state index contributed by atoms with van der Waals surface area (Å²) in [6.45, 7) is 6.42. The van der Waals surface area contributed by atoms with Crippen LogP contribution in [0.15, 0.2) is 36.8 Å². The molecule has 0 saturated heterocycles. The minimum Gasteiger partial charge on any atom is -0.264 e. The Balaban J connectivity index is 2.51. The zero-order valence-electron chi connectivity index (χ0n) is 9.31. The van der Waals surface area contributed by atoms with E-state index in [-0.39, 0.29) is 5.54 Å². The first-order valence-corrected chi connectivity index (χ1v) is 5.04. The van der Waals surface area contributed by atoms with Crippen molar-refractivity contribution in [3.63, 3.8) is 0 Å². The van der Waals surface area contributed by atoms with Crippen LogP contribution < -0.4 is 0 Å². The average molecular weight is 201 g/mol. The van der Waals surface area contributed by atoms with Gasteiger partial charge in [0.15, 0.2) is 0 Å². The van der Waals surface area contributed by atoms with Crippen LogP contribution in [0.2, 0.25) is 0 Å². The Morgan fingerprint density at radius 3 is 2.53 bits per heavy atom. The Morgan fingerprint density at radius 2 is 1.93 bits per heavy atom. The molecule has 0 amide bonds. The Kier molecular flexibility index (Phi) is 2.31. The predicted molar refractivity (Wildman–Crippen MR) is 60.5 cm³/mol. The topological polar surface area (TPSA) is 30.7 Å². The molecule has 2 heterocycles. The maximum atomic E-state index is 4.35. The highest BCUT2D eigenvalue weighted by Crippen LogP contribution is 2.23. The van der Waals surface area contributed by atoms with Crippen molar-refractivity contribution in [1.82, 2.24) is 14.8 Å². The van der Waals surface area contributed by atoms with Crippen LogP contribution >= 0.6 is 0 Å². The van der Waals surface area contributed by atoms with Gasteiger partial charge in [-0.05, 0) is 39.0 Å². The van der Waals surface area contributed by atoms with E-state index in [1.54, 1.807) is 6.20 Å². The van der Waals surface area contributed by atoms with Crippen LogP contribution in [0.3, 0.4) is 0 Å². The summed E-state index contributed by atoms with van der Waals surface area (Å²) in [4.78, 5) is 4.12. The minimum atomic E-state index is -0.00528. The van der Waals surface area contributed by atoms with E-state index in [1.165, 1.54) is 0 Å². The second-order valence-corrected chi connectivity index (χ2v) is 4.54. The van der Waals surface area contributed by atoms with Gasteiger partial charge in [-0.3, -0.25) is 9.67 Å². The molecule has 0 radical (unpaired) electrons. The molecule has 78 valence electrons. The number of nitrogens with zero attached hydrogens (tertiary/aromatic N) is 3. The third-order valence-electron chi connectivity index (χ3n) is 2.24. The molecule has 0 aromatic carbocycles. The second kappa shape index (κ2) is 3.50. The number of pyridine rings is 1. The second-order valence-electron chi connectivity index (χ2n) is 4.54.